The maximum atomic E-state index is 14.8. The van der Waals surface area contributed by atoms with Gasteiger partial charge in [-0.15, -0.1) is 0 Å². The molecule has 4 aromatic rings. The minimum atomic E-state index is -3.92. The number of aryl methyl sites for hydroxylation is 1. The molecule has 0 saturated carbocycles. The summed E-state index contributed by atoms with van der Waals surface area (Å²) < 4.78 is 52.5. The molecule has 0 amide bonds. The minimum absolute atomic E-state index is 0.285. The molecule has 6 nitrogen and oxygen atoms in total. The number of benzene rings is 4. The number of ether oxygens (including phenoxy) is 2. The van der Waals surface area contributed by atoms with Gasteiger partial charge in [-0.1, -0.05) is 120 Å². The topological polar surface area (TPSA) is 65.1 Å². The van der Waals surface area contributed by atoms with Gasteiger partial charge in [0.05, 0.1) is 27.2 Å². The Balaban J connectivity index is 1.64. The van der Waals surface area contributed by atoms with E-state index in [9.17, 15) is 8.42 Å². The van der Waals surface area contributed by atoms with E-state index in [4.69, 9.17) is 13.9 Å². The first-order valence-electron chi connectivity index (χ1n) is 17.7. The summed E-state index contributed by atoms with van der Waals surface area (Å²) in [6, 6.07) is 28.3. The third kappa shape index (κ3) is 8.02. The Morgan fingerprint density at radius 2 is 1.28 bits per heavy atom. The molecule has 0 bridgehead atoms. The number of fused-ring (bicyclic) bond motifs is 1. The van der Waals surface area contributed by atoms with Crippen molar-refractivity contribution in [3.8, 4) is 11.5 Å². The van der Waals surface area contributed by atoms with Crippen LogP contribution in [-0.4, -0.2) is 33.7 Å². The molecule has 0 fully saturated rings. The SMILES string of the molecule is Cc1ccc(S(=O)(=O)N2[C@H](CO[Si](C(C)C)(C(C)C)C(C)C)Cc3c(I)c(OCc4ccccc4)cc(OCc4ccccc4)c3[C@H]2C)cc1. The number of sulfonamides is 1. The molecule has 1 aliphatic rings. The summed E-state index contributed by atoms with van der Waals surface area (Å²) in [6.07, 6.45) is 0.478. The number of hydrogen-bond donors (Lipinski definition) is 0. The fraction of sp³-hybridized carbons (Fsp3) is 0.415. The van der Waals surface area contributed by atoms with Gasteiger partial charge < -0.3 is 13.9 Å². The van der Waals surface area contributed by atoms with E-state index in [2.05, 4.69) is 76.3 Å². The van der Waals surface area contributed by atoms with Crippen LogP contribution < -0.4 is 9.47 Å². The average molecular weight is 826 g/mol. The fourth-order valence-corrected chi connectivity index (χ4v) is 16.0. The highest BCUT2D eigenvalue weighted by Gasteiger charge is 2.48. The van der Waals surface area contributed by atoms with E-state index in [1.807, 2.05) is 80.6 Å². The van der Waals surface area contributed by atoms with Crippen LogP contribution >= 0.6 is 22.6 Å². The van der Waals surface area contributed by atoms with Crippen molar-refractivity contribution in [1.29, 1.82) is 0 Å². The predicted molar refractivity (Wildman–Crippen MR) is 214 cm³/mol. The second-order valence-corrected chi connectivity index (χ2v) is 22.8. The fourth-order valence-electron chi connectivity index (χ4n) is 7.91. The molecule has 0 spiro atoms. The van der Waals surface area contributed by atoms with E-state index in [0.717, 1.165) is 37.1 Å². The molecule has 50 heavy (non-hydrogen) atoms. The maximum absolute atomic E-state index is 14.8. The van der Waals surface area contributed by atoms with Gasteiger partial charge in [-0.25, -0.2) is 8.42 Å². The lowest BCUT2D eigenvalue weighted by molar-refractivity contribution is 0.148. The maximum Gasteiger partial charge on any atom is 0.243 e. The van der Waals surface area contributed by atoms with Crippen LogP contribution in [0.5, 0.6) is 11.5 Å². The van der Waals surface area contributed by atoms with Crippen molar-refractivity contribution in [3.05, 3.63) is 122 Å². The largest absolute Gasteiger partial charge is 0.488 e. The Morgan fingerprint density at radius 1 is 0.780 bits per heavy atom. The van der Waals surface area contributed by atoms with Crippen LogP contribution in [0.15, 0.2) is 95.9 Å². The smallest absolute Gasteiger partial charge is 0.243 e. The molecule has 0 unspecified atom stereocenters. The standard InChI is InChI=1S/C41H52INO5SSi/c1-28(2)50(29(3)4,30(5)6)48-27-35-23-37-40(32(8)43(35)49(44,45)36-21-19-31(7)20-22-36)38(46-25-33-15-11-9-12-16-33)24-39(41(37)42)47-26-34-17-13-10-14-18-34/h9-22,24,28-30,32,35H,23,25-27H2,1-8H3/t32-,35+/m1/s1. The molecule has 268 valence electrons. The van der Waals surface area contributed by atoms with Gasteiger partial charge >= 0.3 is 0 Å². The average Bonchev–Trinajstić information content (AvgIpc) is 3.08. The van der Waals surface area contributed by atoms with Crippen molar-refractivity contribution < 1.29 is 22.3 Å². The molecular weight excluding hydrogens is 774 g/mol. The molecule has 9 heteroatoms. The van der Waals surface area contributed by atoms with Gasteiger partial charge in [-0.2, -0.15) is 4.31 Å². The van der Waals surface area contributed by atoms with E-state index < -0.39 is 30.4 Å². The van der Waals surface area contributed by atoms with Gasteiger partial charge in [0.1, 0.15) is 24.7 Å². The van der Waals surface area contributed by atoms with Crippen molar-refractivity contribution in [1.82, 2.24) is 4.31 Å². The first-order valence-corrected chi connectivity index (χ1v) is 22.4. The zero-order valence-electron chi connectivity index (χ0n) is 30.7. The molecule has 5 rings (SSSR count). The molecule has 1 heterocycles. The van der Waals surface area contributed by atoms with Crippen LogP contribution in [0.4, 0.5) is 0 Å². The number of rotatable bonds is 14. The molecule has 4 aromatic carbocycles. The van der Waals surface area contributed by atoms with E-state index in [0.29, 0.717) is 48.6 Å². The summed E-state index contributed by atoms with van der Waals surface area (Å²) in [6.45, 7) is 18.6. The molecular formula is C41H52INO5SSi. The Bertz CT molecular complexity index is 1810. The van der Waals surface area contributed by atoms with Gasteiger partial charge in [0.2, 0.25) is 10.0 Å². The van der Waals surface area contributed by atoms with Crippen LogP contribution in [0.3, 0.4) is 0 Å². The number of nitrogens with zero attached hydrogens (tertiary/aromatic N) is 1. The normalized spacial score (nSPS) is 17.0. The van der Waals surface area contributed by atoms with E-state index in [-0.39, 0.29) is 4.90 Å². The highest BCUT2D eigenvalue weighted by Crippen LogP contribution is 2.48. The van der Waals surface area contributed by atoms with Crippen LogP contribution in [-0.2, 0) is 34.1 Å². The second-order valence-electron chi connectivity index (χ2n) is 14.4. The second kappa shape index (κ2) is 16.3. The van der Waals surface area contributed by atoms with Crippen molar-refractivity contribution in [2.45, 2.75) is 109 Å². The van der Waals surface area contributed by atoms with Crippen molar-refractivity contribution in [2.24, 2.45) is 0 Å². The lowest BCUT2D eigenvalue weighted by Gasteiger charge is -2.46. The summed E-state index contributed by atoms with van der Waals surface area (Å²) in [5.74, 6) is 1.37. The van der Waals surface area contributed by atoms with Crippen LogP contribution in [0.25, 0.3) is 0 Å². The van der Waals surface area contributed by atoms with E-state index in [1.54, 1.807) is 16.4 Å². The van der Waals surface area contributed by atoms with Crippen LogP contribution in [0.2, 0.25) is 16.6 Å². The van der Waals surface area contributed by atoms with E-state index >= 15 is 0 Å². The van der Waals surface area contributed by atoms with Crippen molar-refractivity contribution >= 4 is 40.9 Å². The van der Waals surface area contributed by atoms with Gasteiger partial charge in [0, 0.05) is 11.6 Å². The summed E-state index contributed by atoms with van der Waals surface area (Å²) in [7, 11) is -6.23. The van der Waals surface area contributed by atoms with Crippen molar-refractivity contribution in [3.63, 3.8) is 0 Å². The van der Waals surface area contributed by atoms with Crippen molar-refractivity contribution in [2.75, 3.05) is 6.61 Å². The summed E-state index contributed by atoms with van der Waals surface area (Å²) >= 11 is 2.38. The number of hydrogen-bond acceptors (Lipinski definition) is 5. The zero-order valence-corrected chi connectivity index (χ0v) is 34.6. The predicted octanol–water partition coefficient (Wildman–Crippen LogP) is 10.6. The summed E-state index contributed by atoms with van der Waals surface area (Å²) in [5, 5.41) is 0. The third-order valence-electron chi connectivity index (χ3n) is 10.2. The third-order valence-corrected chi connectivity index (χ3v) is 19.5. The highest BCUT2D eigenvalue weighted by atomic mass is 127. The van der Waals surface area contributed by atoms with Gasteiger partial charge in [0.15, 0.2) is 8.32 Å². The van der Waals surface area contributed by atoms with Gasteiger partial charge in [-0.3, -0.25) is 0 Å². The minimum Gasteiger partial charge on any atom is -0.488 e. The summed E-state index contributed by atoms with van der Waals surface area (Å²) in [5.41, 5.74) is 6.16. The monoisotopic (exact) mass is 825 g/mol. The Kier molecular flexibility index (Phi) is 12.6. The number of halogens is 1. The van der Waals surface area contributed by atoms with Gasteiger partial charge in [0.25, 0.3) is 0 Å². The quantitative estimate of drug-likeness (QED) is 0.0936. The lowest BCUT2D eigenvalue weighted by atomic mass is 9.90. The summed E-state index contributed by atoms with van der Waals surface area (Å²) in [4.78, 5) is 0.285. The molecule has 2 atom stereocenters. The Labute approximate surface area is 314 Å². The zero-order chi connectivity index (χ0) is 36.2. The van der Waals surface area contributed by atoms with E-state index in [1.165, 1.54) is 0 Å². The molecule has 0 saturated heterocycles. The first-order chi connectivity index (χ1) is 23.8. The Hall–Kier alpha value is -2.70. The molecule has 0 N–H and O–H groups in total. The first kappa shape index (κ1) is 38.5. The van der Waals surface area contributed by atoms with Gasteiger partial charge in [-0.05, 0) is 88.3 Å². The Morgan fingerprint density at radius 3 is 1.78 bits per heavy atom. The van der Waals surface area contributed by atoms with Crippen LogP contribution in [0, 0.1) is 10.5 Å². The molecule has 1 aliphatic heterocycles. The highest BCUT2D eigenvalue weighted by molar-refractivity contribution is 14.1. The van der Waals surface area contributed by atoms with Crippen LogP contribution in [0.1, 0.15) is 82.3 Å². The molecule has 0 aliphatic carbocycles. The molecule has 0 radical (unpaired) electrons. The lowest BCUT2D eigenvalue weighted by Crippen LogP contribution is -2.54. The molecule has 0 aromatic heterocycles.